The predicted molar refractivity (Wildman–Crippen MR) is 414 cm³/mol. The lowest BCUT2D eigenvalue weighted by Gasteiger charge is -2.47. The fraction of sp³-hybridized carbons (Fsp3) is 0. The van der Waals surface area contributed by atoms with Crippen LogP contribution in [0.4, 0.5) is 85.8 Å². The quantitative estimate of drug-likeness (QED) is 0.112. The van der Waals surface area contributed by atoms with Crippen LogP contribution in [-0.4, -0.2) is 22.6 Å². The number of rotatable bonds is 8. The van der Waals surface area contributed by atoms with Gasteiger partial charge >= 0.3 is 0 Å². The van der Waals surface area contributed by atoms with Crippen molar-refractivity contribution in [3.8, 4) is 33.6 Å². The summed E-state index contributed by atoms with van der Waals surface area (Å²) in [5.74, 6) is -2.81. The fourth-order valence-corrected chi connectivity index (χ4v) is 17.3. The van der Waals surface area contributed by atoms with Gasteiger partial charge in [-0.2, -0.15) is 0 Å². The molecule has 4 aliphatic heterocycles. The van der Waals surface area contributed by atoms with Gasteiger partial charge in [-0.25, -0.2) is 17.6 Å². The highest BCUT2D eigenvalue weighted by atomic mass is 19.1. The first kappa shape index (κ1) is 58.0. The number of hydrogen-bond acceptors (Lipinski definition) is 4. The first-order chi connectivity index (χ1) is 50.3. The molecule has 0 amide bonds. The Morgan fingerprint density at radius 2 is 0.549 bits per heavy atom. The molecule has 0 radical (unpaired) electrons. The summed E-state index contributed by atoms with van der Waals surface area (Å²) < 4.78 is 74.1. The van der Waals surface area contributed by atoms with Crippen molar-refractivity contribution in [3.05, 3.63) is 351 Å². The minimum Gasteiger partial charge on any atom is -0.311 e. The van der Waals surface area contributed by atoms with Crippen molar-refractivity contribution in [2.45, 2.75) is 0 Å². The van der Waals surface area contributed by atoms with Crippen molar-refractivity contribution in [3.63, 3.8) is 0 Å². The number of fused-ring (bicyclic) bond motifs is 14. The van der Waals surface area contributed by atoms with Crippen LogP contribution in [0.1, 0.15) is 0 Å². The summed E-state index contributed by atoms with van der Waals surface area (Å²) in [5.41, 5.74) is 22.3. The fourth-order valence-electron chi connectivity index (χ4n) is 17.3. The second kappa shape index (κ2) is 22.2. The number of aromatic nitrogens is 2. The summed E-state index contributed by atoms with van der Waals surface area (Å²) in [4.78, 5) is 8.31. The molecule has 4 aliphatic rings. The van der Waals surface area contributed by atoms with E-state index in [1.165, 1.54) is 36.4 Å². The molecule has 0 bridgehead atoms. The zero-order chi connectivity index (χ0) is 67.6. The van der Waals surface area contributed by atoms with E-state index in [0.717, 1.165) is 144 Å². The second-order valence-electron chi connectivity index (χ2n) is 26.8. The van der Waals surface area contributed by atoms with Gasteiger partial charge in [-0.3, -0.25) is 0 Å². The average molecular weight is 1320 g/mol. The van der Waals surface area contributed by atoms with Crippen molar-refractivity contribution < 1.29 is 17.6 Å². The molecule has 6 heterocycles. The number of halogens is 4. The Kier molecular flexibility index (Phi) is 12.6. The monoisotopic (exact) mass is 1320 g/mol. The summed E-state index contributed by atoms with van der Waals surface area (Å²) in [6.45, 7) is -1.05. The molecule has 12 heteroatoms. The van der Waals surface area contributed by atoms with Gasteiger partial charge in [0.2, 0.25) is 0 Å². The number of para-hydroxylation sites is 8. The third kappa shape index (κ3) is 8.37. The predicted octanol–water partition coefficient (Wildman–Crippen LogP) is 19.9. The molecular weight excluding hydrogens is 1260 g/mol. The maximum Gasteiger partial charge on any atom is 0.252 e. The number of anilines is 12. The summed E-state index contributed by atoms with van der Waals surface area (Å²) in [6, 6.07) is 110. The topological polar surface area (TPSA) is 22.8 Å². The highest BCUT2D eigenvalue weighted by molar-refractivity contribution is 7.03. The lowest BCUT2D eigenvalue weighted by molar-refractivity contribution is 0.585. The van der Waals surface area contributed by atoms with E-state index in [1.54, 1.807) is 9.80 Å². The zero-order valence-corrected chi connectivity index (χ0v) is 54.5. The largest absolute Gasteiger partial charge is 0.311 e. The number of nitrogens with zero attached hydrogens (tertiary/aromatic N) is 6. The van der Waals surface area contributed by atoms with Crippen molar-refractivity contribution in [2.24, 2.45) is 0 Å². The molecule has 21 rings (SSSR count). The van der Waals surface area contributed by atoms with Gasteiger partial charge in [0, 0.05) is 78.4 Å². The van der Waals surface area contributed by atoms with Gasteiger partial charge in [0.25, 0.3) is 13.4 Å². The summed E-state index contributed by atoms with van der Waals surface area (Å²) in [7, 11) is 0. The molecule has 0 N–H and O–H groups in total. The summed E-state index contributed by atoms with van der Waals surface area (Å²) in [5, 5.41) is 4.24. The number of hydrogen-bond donors (Lipinski definition) is 0. The Morgan fingerprint density at radius 3 is 0.961 bits per heavy atom. The van der Waals surface area contributed by atoms with E-state index >= 15 is 17.6 Å². The lowest BCUT2D eigenvalue weighted by atomic mass is 9.30. The Bertz CT molecular complexity index is 5960. The molecular formula is C90H54B2F4N6. The van der Waals surface area contributed by atoms with Crippen LogP contribution in [0.5, 0.6) is 0 Å². The molecule has 6 nitrogen and oxygen atoms in total. The first-order valence-electron chi connectivity index (χ1n) is 34.4. The van der Waals surface area contributed by atoms with Gasteiger partial charge in [-0.05, 0) is 170 Å². The Morgan fingerprint density at radius 1 is 0.206 bits per heavy atom. The molecule has 0 saturated carbocycles. The standard InChI is InChI=1S/C90H54B2F4N6/c93-71-35-21-36-72(94)89(71)101-77-41-19-15-33-67(77)91-69-53-70-82(54-81(69)97(59-27-9-3-10-28-59)83-49-61(51-85(101)87(83)91)99-75-39-17-13-31-63(75)65-45-43-57(47-79(65)99)55-23-5-1-6-24-55)98(60-29-11-4-12-30-60)84-50-62(100-76-40-18-14-32-64(76)66-46-44-58(48-80(66)100)56-25-7-2-8-26-56)52-86-88(84)92(70)68-34-16-20-42-78(68)102(86)90-73(95)37-22-38-74(90)96/h1-54H. The van der Waals surface area contributed by atoms with E-state index < -0.39 is 36.7 Å². The van der Waals surface area contributed by atoms with E-state index in [4.69, 9.17) is 0 Å². The summed E-state index contributed by atoms with van der Waals surface area (Å²) >= 11 is 0. The van der Waals surface area contributed by atoms with Crippen molar-refractivity contribution in [2.75, 3.05) is 19.6 Å². The molecule has 0 atom stereocenters. The van der Waals surface area contributed by atoms with Gasteiger partial charge in [-0.1, -0.05) is 212 Å². The van der Waals surface area contributed by atoms with Crippen LogP contribution in [-0.2, 0) is 0 Å². The normalized spacial score (nSPS) is 13.2. The van der Waals surface area contributed by atoms with Crippen LogP contribution < -0.4 is 52.4 Å². The van der Waals surface area contributed by atoms with Crippen LogP contribution in [0.15, 0.2) is 328 Å². The van der Waals surface area contributed by atoms with E-state index in [-0.39, 0.29) is 11.4 Å². The van der Waals surface area contributed by atoms with Gasteiger partial charge in [-0.15, -0.1) is 0 Å². The van der Waals surface area contributed by atoms with E-state index in [1.807, 2.05) is 60.7 Å². The third-order valence-electron chi connectivity index (χ3n) is 21.5. The minimum atomic E-state index is -0.703. The van der Waals surface area contributed by atoms with Crippen LogP contribution in [0.3, 0.4) is 0 Å². The van der Waals surface area contributed by atoms with Crippen molar-refractivity contribution >= 4 is 158 Å². The van der Waals surface area contributed by atoms with Gasteiger partial charge in [0.1, 0.15) is 34.6 Å². The number of benzene rings is 15. The maximum absolute atomic E-state index is 17.4. The smallest absolute Gasteiger partial charge is 0.252 e. The molecule has 102 heavy (non-hydrogen) atoms. The van der Waals surface area contributed by atoms with Crippen LogP contribution in [0.25, 0.3) is 77.2 Å². The van der Waals surface area contributed by atoms with Crippen LogP contribution >= 0.6 is 0 Å². The average Bonchev–Trinajstić information content (AvgIpc) is 0.774. The molecule has 15 aromatic carbocycles. The van der Waals surface area contributed by atoms with Crippen molar-refractivity contribution in [1.82, 2.24) is 9.13 Å². The molecule has 0 unspecified atom stereocenters. The Balaban J connectivity index is 0.890. The van der Waals surface area contributed by atoms with Crippen LogP contribution in [0, 0.1) is 23.3 Å². The van der Waals surface area contributed by atoms with Gasteiger partial charge in [0.15, 0.2) is 0 Å². The highest BCUT2D eigenvalue weighted by Gasteiger charge is 2.50. The second-order valence-corrected chi connectivity index (χ2v) is 26.8. The SMILES string of the molecule is Fc1cccc(F)c1N1c2ccccc2B2c3cc4c(cc3N(c3ccccc3)c3cc(-n5c6ccccc6c6ccc(-c7ccccc7)cc65)cc1c32)N(c1ccccc1)c1cc(-n2c3ccccc3c3ccc(-c5ccccc5)cc32)cc2c1B4c1ccccc1N2c1c(F)cccc1F. The van der Waals surface area contributed by atoms with Crippen LogP contribution in [0.2, 0.25) is 0 Å². The molecule has 478 valence electrons. The minimum absolute atomic E-state index is 0.187. The Labute approximate surface area is 585 Å². The van der Waals surface area contributed by atoms with E-state index in [9.17, 15) is 0 Å². The molecule has 0 saturated heterocycles. The lowest BCUT2D eigenvalue weighted by Crippen LogP contribution is -2.65. The van der Waals surface area contributed by atoms with E-state index in [0.29, 0.717) is 22.7 Å². The molecule has 0 aliphatic carbocycles. The van der Waals surface area contributed by atoms with E-state index in [2.05, 4.69) is 249 Å². The van der Waals surface area contributed by atoms with Gasteiger partial charge < -0.3 is 28.7 Å². The highest BCUT2D eigenvalue weighted by Crippen LogP contribution is 2.52. The molecule has 0 fully saturated rings. The molecule has 2 aromatic heterocycles. The summed E-state index contributed by atoms with van der Waals surface area (Å²) in [6.07, 6.45) is 0. The maximum atomic E-state index is 17.4. The van der Waals surface area contributed by atoms with Crippen molar-refractivity contribution in [1.29, 1.82) is 0 Å². The zero-order valence-electron chi connectivity index (χ0n) is 54.5. The van der Waals surface area contributed by atoms with Gasteiger partial charge in [0.05, 0.1) is 33.4 Å². The Hall–Kier alpha value is -13.1. The molecule has 0 spiro atoms. The molecule has 17 aromatic rings. The first-order valence-corrected chi connectivity index (χ1v) is 34.4. The third-order valence-corrected chi connectivity index (χ3v) is 21.5.